The lowest BCUT2D eigenvalue weighted by Gasteiger charge is -2.19. The first kappa shape index (κ1) is 17.5. The van der Waals surface area contributed by atoms with Crippen LogP contribution in [-0.4, -0.2) is 6.54 Å². The second-order valence-electron chi connectivity index (χ2n) is 5.31. The molecule has 1 nitrogen and oxygen atoms in total. The Morgan fingerprint density at radius 1 is 1.10 bits per heavy atom. The number of unbranched alkanes of at least 4 members (excludes halogenated alkanes) is 5. The second kappa shape index (κ2) is 10.2. The van der Waals surface area contributed by atoms with Gasteiger partial charge in [0.2, 0.25) is 0 Å². The Labute approximate surface area is 127 Å². The summed E-state index contributed by atoms with van der Waals surface area (Å²) in [5.41, 5.74) is 0.702. The van der Waals surface area contributed by atoms with Crippen molar-refractivity contribution < 1.29 is 4.39 Å². The van der Waals surface area contributed by atoms with Crippen molar-refractivity contribution in [1.29, 1.82) is 0 Å². The predicted molar refractivity (Wildman–Crippen MR) is 85.8 cm³/mol. The lowest BCUT2D eigenvalue weighted by molar-refractivity contribution is 0.458. The molecule has 0 aromatic heterocycles. The zero-order valence-corrected chi connectivity index (χ0v) is 13.5. The molecule has 1 rings (SSSR count). The molecular formula is C17H27ClFN. The van der Waals surface area contributed by atoms with Gasteiger partial charge in [0.1, 0.15) is 5.82 Å². The van der Waals surface area contributed by atoms with Gasteiger partial charge < -0.3 is 5.32 Å². The zero-order chi connectivity index (χ0) is 14.8. The van der Waals surface area contributed by atoms with E-state index in [4.69, 9.17) is 11.6 Å². The maximum Gasteiger partial charge on any atom is 0.146 e. The van der Waals surface area contributed by atoms with Crippen molar-refractivity contribution in [3.63, 3.8) is 0 Å². The number of rotatable bonds is 10. The van der Waals surface area contributed by atoms with Crippen molar-refractivity contribution in [3.8, 4) is 0 Å². The standard InChI is InChI=1S/C17H27ClFN/c1-3-5-6-7-8-9-13-16(20-4-2)14-11-10-12-15(18)17(14)19/h10-12,16,20H,3-9,13H2,1-2H3. The monoisotopic (exact) mass is 299 g/mol. The normalized spacial score (nSPS) is 12.6. The van der Waals surface area contributed by atoms with E-state index in [9.17, 15) is 4.39 Å². The maximum absolute atomic E-state index is 14.1. The molecule has 20 heavy (non-hydrogen) atoms. The fourth-order valence-electron chi connectivity index (χ4n) is 2.53. The topological polar surface area (TPSA) is 12.0 Å². The molecule has 0 bridgehead atoms. The third kappa shape index (κ3) is 5.80. The molecule has 0 heterocycles. The lowest BCUT2D eigenvalue weighted by atomic mass is 9.99. The van der Waals surface area contributed by atoms with E-state index < -0.39 is 0 Å². The van der Waals surface area contributed by atoms with Crippen LogP contribution in [0.2, 0.25) is 5.02 Å². The molecule has 0 saturated heterocycles. The van der Waals surface area contributed by atoms with Gasteiger partial charge in [-0.1, -0.05) is 76.1 Å². The number of benzene rings is 1. The molecule has 3 heteroatoms. The minimum atomic E-state index is -0.272. The Hall–Kier alpha value is -0.600. The minimum absolute atomic E-state index is 0.0740. The smallest absolute Gasteiger partial charge is 0.146 e. The van der Waals surface area contributed by atoms with E-state index in [1.165, 1.54) is 32.1 Å². The van der Waals surface area contributed by atoms with E-state index in [0.29, 0.717) is 5.56 Å². The van der Waals surface area contributed by atoms with E-state index in [2.05, 4.69) is 19.2 Å². The molecule has 0 radical (unpaired) electrons. The van der Waals surface area contributed by atoms with Crippen LogP contribution in [0.3, 0.4) is 0 Å². The molecule has 1 unspecified atom stereocenters. The average molecular weight is 300 g/mol. The second-order valence-corrected chi connectivity index (χ2v) is 5.72. The Morgan fingerprint density at radius 2 is 1.80 bits per heavy atom. The van der Waals surface area contributed by atoms with Gasteiger partial charge in [-0.05, 0) is 19.0 Å². The Balaban J connectivity index is 2.49. The van der Waals surface area contributed by atoms with Gasteiger partial charge in [0.15, 0.2) is 0 Å². The Bertz CT molecular complexity index is 381. The number of hydrogen-bond acceptors (Lipinski definition) is 1. The van der Waals surface area contributed by atoms with E-state index in [1.54, 1.807) is 6.07 Å². The van der Waals surface area contributed by atoms with Crippen LogP contribution in [0.4, 0.5) is 4.39 Å². The van der Waals surface area contributed by atoms with E-state index in [-0.39, 0.29) is 16.9 Å². The number of halogens is 2. The quantitative estimate of drug-likeness (QED) is 0.532. The van der Waals surface area contributed by atoms with Crippen LogP contribution in [0, 0.1) is 5.82 Å². The summed E-state index contributed by atoms with van der Waals surface area (Å²) >= 11 is 5.87. The van der Waals surface area contributed by atoms with Crippen LogP contribution in [-0.2, 0) is 0 Å². The van der Waals surface area contributed by atoms with Gasteiger partial charge in [-0.15, -0.1) is 0 Å². The highest BCUT2D eigenvalue weighted by atomic mass is 35.5. The van der Waals surface area contributed by atoms with Crippen LogP contribution in [0.25, 0.3) is 0 Å². The Kier molecular flexibility index (Phi) is 8.88. The fourth-order valence-corrected chi connectivity index (χ4v) is 2.71. The molecule has 1 atom stereocenters. The lowest BCUT2D eigenvalue weighted by Crippen LogP contribution is -2.22. The summed E-state index contributed by atoms with van der Waals surface area (Å²) < 4.78 is 14.1. The van der Waals surface area contributed by atoms with Crippen LogP contribution in [0.1, 0.15) is 70.4 Å². The summed E-state index contributed by atoms with van der Waals surface area (Å²) in [7, 11) is 0. The predicted octanol–water partition coefficient (Wildman–Crippen LogP) is 5.88. The number of hydrogen-bond donors (Lipinski definition) is 1. The summed E-state index contributed by atoms with van der Waals surface area (Å²) in [4.78, 5) is 0. The zero-order valence-electron chi connectivity index (χ0n) is 12.7. The molecule has 114 valence electrons. The fraction of sp³-hybridized carbons (Fsp3) is 0.647. The number of nitrogens with one attached hydrogen (secondary N) is 1. The van der Waals surface area contributed by atoms with Gasteiger partial charge in [-0.2, -0.15) is 0 Å². The van der Waals surface area contributed by atoms with Crippen molar-refractivity contribution >= 4 is 11.6 Å². The summed E-state index contributed by atoms with van der Waals surface area (Å²) in [5, 5.41) is 3.59. The van der Waals surface area contributed by atoms with Gasteiger partial charge in [0, 0.05) is 11.6 Å². The van der Waals surface area contributed by atoms with Gasteiger partial charge in [-0.25, -0.2) is 4.39 Å². The van der Waals surface area contributed by atoms with Crippen molar-refractivity contribution in [1.82, 2.24) is 5.32 Å². The molecule has 0 aliphatic rings. The van der Waals surface area contributed by atoms with Gasteiger partial charge in [0.05, 0.1) is 5.02 Å². The van der Waals surface area contributed by atoms with E-state index in [1.807, 2.05) is 12.1 Å². The van der Waals surface area contributed by atoms with Crippen LogP contribution >= 0.6 is 11.6 Å². The van der Waals surface area contributed by atoms with Gasteiger partial charge in [-0.3, -0.25) is 0 Å². The third-order valence-corrected chi connectivity index (χ3v) is 3.95. The molecule has 1 N–H and O–H groups in total. The van der Waals surface area contributed by atoms with Crippen LogP contribution in [0.15, 0.2) is 18.2 Å². The van der Waals surface area contributed by atoms with Gasteiger partial charge in [0.25, 0.3) is 0 Å². The molecule has 0 aliphatic heterocycles. The molecule has 1 aromatic rings. The molecule has 0 amide bonds. The first-order valence-corrected chi connectivity index (χ1v) is 8.25. The summed E-state index contributed by atoms with van der Waals surface area (Å²) in [5.74, 6) is -0.272. The van der Waals surface area contributed by atoms with Crippen molar-refractivity contribution in [2.75, 3.05) is 6.54 Å². The van der Waals surface area contributed by atoms with Crippen LogP contribution in [0.5, 0.6) is 0 Å². The Morgan fingerprint density at radius 3 is 2.50 bits per heavy atom. The largest absolute Gasteiger partial charge is 0.310 e. The van der Waals surface area contributed by atoms with Crippen molar-refractivity contribution in [2.45, 2.75) is 64.8 Å². The highest BCUT2D eigenvalue weighted by molar-refractivity contribution is 6.30. The summed E-state index contributed by atoms with van der Waals surface area (Å²) in [6.45, 7) is 5.12. The van der Waals surface area contributed by atoms with Crippen molar-refractivity contribution in [3.05, 3.63) is 34.6 Å². The first-order valence-electron chi connectivity index (χ1n) is 7.88. The summed E-state index contributed by atoms with van der Waals surface area (Å²) in [6.07, 6.45) is 8.51. The average Bonchev–Trinajstić information content (AvgIpc) is 2.45. The highest BCUT2D eigenvalue weighted by Gasteiger charge is 2.16. The maximum atomic E-state index is 14.1. The van der Waals surface area contributed by atoms with Crippen LogP contribution < -0.4 is 5.32 Å². The summed E-state index contributed by atoms with van der Waals surface area (Å²) in [6, 6.07) is 5.34. The first-order chi connectivity index (χ1) is 9.70. The molecule has 0 saturated carbocycles. The SMILES string of the molecule is CCCCCCCCC(NCC)c1cccc(Cl)c1F. The van der Waals surface area contributed by atoms with Crippen molar-refractivity contribution in [2.24, 2.45) is 0 Å². The molecule has 1 aromatic carbocycles. The third-order valence-electron chi connectivity index (χ3n) is 3.65. The van der Waals surface area contributed by atoms with E-state index in [0.717, 1.165) is 19.4 Å². The molecule has 0 spiro atoms. The molecular weight excluding hydrogens is 273 g/mol. The minimum Gasteiger partial charge on any atom is -0.310 e. The molecule has 0 fully saturated rings. The highest BCUT2D eigenvalue weighted by Crippen LogP contribution is 2.27. The van der Waals surface area contributed by atoms with Gasteiger partial charge >= 0.3 is 0 Å². The van der Waals surface area contributed by atoms with E-state index >= 15 is 0 Å². The molecule has 0 aliphatic carbocycles.